The minimum atomic E-state index is -0.416. The Kier molecular flexibility index (Phi) is 4.85. The third-order valence-corrected chi connectivity index (χ3v) is 3.63. The molecule has 0 saturated carbocycles. The average molecular weight is 360 g/mol. The molecule has 1 aliphatic heterocycles. The highest BCUT2D eigenvalue weighted by molar-refractivity contribution is 6.33. The Morgan fingerprint density at radius 1 is 1.20 bits per heavy atom. The second kappa shape index (κ2) is 7.23. The van der Waals surface area contributed by atoms with Crippen LogP contribution in [0.4, 0.5) is 5.69 Å². The Bertz CT molecular complexity index is 867. The Morgan fingerprint density at radius 3 is 2.72 bits per heavy atom. The molecule has 1 heterocycles. The van der Waals surface area contributed by atoms with Crippen molar-refractivity contribution >= 4 is 35.3 Å². The third kappa shape index (κ3) is 4.07. The lowest BCUT2D eigenvalue weighted by Crippen LogP contribution is -2.18. The maximum Gasteiger partial charge on any atom is 0.271 e. The first-order valence-corrected chi connectivity index (χ1v) is 7.71. The number of hydrogen-bond acceptors (Lipinski definition) is 5. The molecule has 0 atom stereocenters. The van der Waals surface area contributed by atoms with Gasteiger partial charge in [0.25, 0.3) is 5.91 Å². The van der Waals surface area contributed by atoms with Crippen molar-refractivity contribution in [2.75, 3.05) is 12.1 Å². The molecule has 0 unspecified atom stereocenters. The van der Waals surface area contributed by atoms with Gasteiger partial charge in [0.05, 0.1) is 11.2 Å². The molecule has 2 amide bonds. The smallest absolute Gasteiger partial charge is 0.271 e. The van der Waals surface area contributed by atoms with E-state index in [1.54, 1.807) is 36.4 Å². The molecule has 128 valence electrons. The Labute approximate surface area is 148 Å². The molecule has 0 fully saturated rings. The number of hydrogen-bond donors (Lipinski definition) is 2. The zero-order chi connectivity index (χ0) is 17.8. The summed E-state index contributed by atoms with van der Waals surface area (Å²) in [6.07, 6.45) is 1.42. The number of anilines is 1. The van der Waals surface area contributed by atoms with Crippen LogP contribution >= 0.6 is 11.6 Å². The lowest BCUT2D eigenvalue weighted by molar-refractivity contribution is -0.114. The van der Waals surface area contributed by atoms with Crippen molar-refractivity contribution < 1.29 is 19.1 Å². The van der Waals surface area contributed by atoms with E-state index >= 15 is 0 Å². The molecule has 25 heavy (non-hydrogen) atoms. The highest BCUT2D eigenvalue weighted by Gasteiger charge is 2.15. The molecule has 0 aliphatic carbocycles. The molecule has 8 heteroatoms. The van der Waals surface area contributed by atoms with Gasteiger partial charge in [0.1, 0.15) is 0 Å². The van der Waals surface area contributed by atoms with E-state index in [1.807, 2.05) is 0 Å². The van der Waals surface area contributed by atoms with Crippen LogP contribution in [0.25, 0.3) is 0 Å². The number of hydrazone groups is 1. The summed E-state index contributed by atoms with van der Waals surface area (Å²) in [5.74, 6) is 0.509. The largest absolute Gasteiger partial charge is 0.454 e. The van der Waals surface area contributed by atoms with Gasteiger partial charge in [0, 0.05) is 29.8 Å². The predicted octanol–water partition coefficient (Wildman–Crippen LogP) is 2.79. The second-order valence-corrected chi connectivity index (χ2v) is 5.60. The molecule has 0 saturated heterocycles. The highest BCUT2D eigenvalue weighted by Crippen LogP contribution is 2.36. The van der Waals surface area contributed by atoms with Crippen LogP contribution in [-0.2, 0) is 4.79 Å². The summed E-state index contributed by atoms with van der Waals surface area (Å²) in [5, 5.41) is 6.94. The van der Waals surface area contributed by atoms with Crippen molar-refractivity contribution in [3.05, 3.63) is 52.5 Å². The fourth-order valence-corrected chi connectivity index (χ4v) is 2.40. The van der Waals surface area contributed by atoms with E-state index in [2.05, 4.69) is 15.8 Å². The van der Waals surface area contributed by atoms with Crippen LogP contribution in [0.1, 0.15) is 22.8 Å². The fraction of sp³-hybridized carbons (Fsp3) is 0.118. The fourth-order valence-electron chi connectivity index (χ4n) is 2.20. The van der Waals surface area contributed by atoms with Gasteiger partial charge < -0.3 is 14.8 Å². The highest BCUT2D eigenvalue weighted by atomic mass is 35.5. The topological polar surface area (TPSA) is 89.0 Å². The molecule has 1 aliphatic rings. The van der Waals surface area contributed by atoms with Crippen molar-refractivity contribution in [2.24, 2.45) is 5.10 Å². The first-order chi connectivity index (χ1) is 12.0. The summed E-state index contributed by atoms with van der Waals surface area (Å²) in [4.78, 5) is 23.2. The first kappa shape index (κ1) is 16.8. The lowest BCUT2D eigenvalue weighted by atomic mass is 10.2. The number of rotatable bonds is 4. The van der Waals surface area contributed by atoms with Gasteiger partial charge in [-0.25, -0.2) is 5.43 Å². The first-order valence-electron chi connectivity index (χ1n) is 7.33. The van der Waals surface area contributed by atoms with E-state index in [1.165, 1.54) is 13.1 Å². The maximum atomic E-state index is 12.1. The van der Waals surface area contributed by atoms with Crippen LogP contribution in [0.15, 0.2) is 41.5 Å². The molecule has 2 aromatic carbocycles. The number of halogens is 1. The van der Waals surface area contributed by atoms with Crippen LogP contribution < -0.4 is 20.2 Å². The van der Waals surface area contributed by atoms with E-state index in [4.69, 9.17) is 21.1 Å². The summed E-state index contributed by atoms with van der Waals surface area (Å²) in [5.41, 5.74) is 3.88. The number of carbonyl (C=O) groups excluding carboxylic acids is 2. The third-order valence-electron chi connectivity index (χ3n) is 3.31. The molecular formula is C17H14ClN3O4. The molecule has 2 N–H and O–H groups in total. The number of ether oxygens (including phenoxy) is 2. The number of carbonyl (C=O) groups is 2. The monoisotopic (exact) mass is 359 g/mol. The molecule has 0 spiro atoms. The number of nitrogens with one attached hydrogen (secondary N) is 2. The van der Waals surface area contributed by atoms with Crippen molar-refractivity contribution in [2.45, 2.75) is 6.92 Å². The van der Waals surface area contributed by atoms with E-state index in [0.717, 1.165) is 0 Å². The van der Waals surface area contributed by atoms with Crippen molar-refractivity contribution in [1.29, 1.82) is 0 Å². The lowest BCUT2D eigenvalue weighted by Gasteiger charge is -2.05. The standard InChI is InChI=1S/C17H14ClN3O4/c1-10(22)20-13-4-2-3-11(5-13)17(23)21-19-8-12-6-15-16(7-14(12)18)25-9-24-15/h2-8H,9H2,1H3,(H,20,22)(H,21,23). The molecule has 0 aromatic heterocycles. The van der Waals surface area contributed by atoms with Crippen LogP contribution in [0, 0.1) is 0 Å². The summed E-state index contributed by atoms with van der Waals surface area (Å²) >= 11 is 6.13. The van der Waals surface area contributed by atoms with Gasteiger partial charge in [-0.3, -0.25) is 9.59 Å². The molecule has 2 aromatic rings. The molecule has 3 rings (SSSR count). The molecular weight excluding hydrogens is 346 g/mol. The quantitative estimate of drug-likeness (QED) is 0.649. The van der Waals surface area contributed by atoms with Crippen LogP contribution in [0.2, 0.25) is 5.02 Å². The number of nitrogens with zero attached hydrogens (tertiary/aromatic N) is 1. The van der Waals surface area contributed by atoms with E-state index in [-0.39, 0.29) is 12.7 Å². The van der Waals surface area contributed by atoms with Gasteiger partial charge in [-0.15, -0.1) is 0 Å². The van der Waals surface area contributed by atoms with E-state index in [9.17, 15) is 9.59 Å². The van der Waals surface area contributed by atoms with Crippen molar-refractivity contribution in [3.8, 4) is 11.5 Å². The molecule has 0 radical (unpaired) electrons. The Balaban J connectivity index is 1.68. The minimum absolute atomic E-state index is 0.146. The Hall–Kier alpha value is -3.06. The van der Waals surface area contributed by atoms with Gasteiger partial charge in [-0.2, -0.15) is 5.10 Å². The van der Waals surface area contributed by atoms with Gasteiger partial charge >= 0.3 is 0 Å². The zero-order valence-electron chi connectivity index (χ0n) is 13.2. The minimum Gasteiger partial charge on any atom is -0.454 e. The summed E-state index contributed by atoms with van der Waals surface area (Å²) in [6.45, 7) is 1.54. The second-order valence-electron chi connectivity index (χ2n) is 5.19. The van der Waals surface area contributed by atoms with Gasteiger partial charge in [0.2, 0.25) is 12.7 Å². The number of benzene rings is 2. The van der Waals surface area contributed by atoms with Gasteiger partial charge in [-0.05, 0) is 24.3 Å². The van der Waals surface area contributed by atoms with Crippen LogP contribution in [0.3, 0.4) is 0 Å². The summed E-state index contributed by atoms with van der Waals surface area (Å²) < 4.78 is 10.5. The molecule has 0 bridgehead atoms. The average Bonchev–Trinajstić information content (AvgIpc) is 3.01. The van der Waals surface area contributed by atoms with E-state index in [0.29, 0.717) is 33.3 Å². The number of fused-ring (bicyclic) bond motifs is 1. The number of amides is 2. The normalized spacial score (nSPS) is 12.2. The summed E-state index contributed by atoms with van der Waals surface area (Å²) in [7, 11) is 0. The zero-order valence-corrected chi connectivity index (χ0v) is 14.0. The maximum absolute atomic E-state index is 12.1. The van der Waals surface area contributed by atoms with E-state index < -0.39 is 5.91 Å². The van der Waals surface area contributed by atoms with Crippen LogP contribution in [0.5, 0.6) is 11.5 Å². The van der Waals surface area contributed by atoms with Crippen molar-refractivity contribution in [3.63, 3.8) is 0 Å². The SMILES string of the molecule is CC(=O)Nc1cccc(C(=O)NN=Cc2cc3c(cc2Cl)OCO3)c1. The van der Waals surface area contributed by atoms with Gasteiger partial charge in [-0.1, -0.05) is 17.7 Å². The van der Waals surface area contributed by atoms with Gasteiger partial charge in [0.15, 0.2) is 11.5 Å². The molecule has 7 nitrogen and oxygen atoms in total. The summed E-state index contributed by atoms with van der Waals surface area (Å²) in [6, 6.07) is 9.83. The van der Waals surface area contributed by atoms with Crippen molar-refractivity contribution in [1.82, 2.24) is 5.43 Å². The predicted molar refractivity (Wildman–Crippen MR) is 93.4 cm³/mol. The van der Waals surface area contributed by atoms with Crippen LogP contribution in [-0.4, -0.2) is 24.8 Å². The Morgan fingerprint density at radius 2 is 1.96 bits per heavy atom.